The van der Waals surface area contributed by atoms with E-state index in [1.807, 2.05) is 62.4 Å². The van der Waals surface area contributed by atoms with Crippen LogP contribution in [0.4, 0.5) is 0 Å². The first-order valence-electron chi connectivity index (χ1n) is 31.8. The maximum atomic E-state index is 14.1. The van der Waals surface area contributed by atoms with Crippen LogP contribution in [0.1, 0.15) is 174 Å². The first-order chi connectivity index (χ1) is 48.9. The molecule has 536 valence electrons. The molecule has 0 fully saturated rings. The van der Waals surface area contributed by atoms with E-state index in [9.17, 15) is 87.5 Å². The molecule has 0 heterocycles. The Balaban J connectivity index is 0.000000171. The molecule has 3 aliphatic carbocycles. The van der Waals surface area contributed by atoms with Crippen LogP contribution < -0.4 is 32.7 Å². The summed E-state index contributed by atoms with van der Waals surface area (Å²) in [5.41, 5.74) is 8.15. The molecule has 6 atom stereocenters. The zero-order chi connectivity index (χ0) is 75.7. The van der Waals surface area contributed by atoms with E-state index < -0.39 is 86.8 Å². The molecule has 0 saturated heterocycles. The minimum atomic E-state index is -4.96. The number of phosphoric ester groups is 2. The van der Waals surface area contributed by atoms with Gasteiger partial charge in [0.1, 0.15) is 63.2 Å². The van der Waals surface area contributed by atoms with Crippen LogP contribution in [-0.2, 0) is 33.1 Å². The maximum absolute atomic E-state index is 14.1. The van der Waals surface area contributed by atoms with Gasteiger partial charge in [-0.1, -0.05) is 77.9 Å². The standard InChI is InChI=1S/C31H26O11.C24H24O9P2.C22H18O5/c1-15(32)38-22-8-6-20(7-9-22)29-28(21-10-23(39-16(2)33)12-24(11-21)40-17(3)34)30-26(31(29)37)13-25(41-18(4)35)14-27(30)42-19(5)36;1-13-4-6-16(7-5-13)22-21(17-8-14(2)9-18(12-17)32-34(26,27)28)23-19(24(22)25)10-15(3)11-20(23)33-35(29,30)31;1-11-2-4-12(5-3-11)20-19(13-6-14(23)8-15(24)7-13)21-17(22(20)27)9-16(25)10-18(21)26/h6-14,28-29H,1-5H3;4-12,21-22H,1-3H3,(H2,26,27,28)(H2,29,30,31);2-10,19-20,23-26H,1H3/t28-,29-;21-,22-;19-,20-/m000/s1. The zero-order valence-corrected chi connectivity index (χ0v) is 58.8. The van der Waals surface area contributed by atoms with Crippen molar-refractivity contribution in [2.24, 2.45) is 0 Å². The van der Waals surface area contributed by atoms with Crippen LogP contribution >= 0.6 is 15.6 Å². The molecule has 27 heteroatoms. The van der Waals surface area contributed by atoms with Crippen LogP contribution in [0, 0.1) is 27.7 Å². The van der Waals surface area contributed by atoms with Crippen molar-refractivity contribution in [1.29, 1.82) is 0 Å². The molecule has 0 unspecified atom stereocenters. The van der Waals surface area contributed by atoms with Gasteiger partial charge in [0, 0.05) is 110 Å². The number of esters is 5. The number of carbonyl (C=O) groups is 8. The summed E-state index contributed by atoms with van der Waals surface area (Å²) in [6.07, 6.45) is 0. The average Bonchev–Trinajstić information content (AvgIpc) is 1.59. The molecule has 0 aliphatic heterocycles. The summed E-state index contributed by atoms with van der Waals surface area (Å²) in [6, 6.07) is 42.6. The van der Waals surface area contributed by atoms with Crippen molar-refractivity contribution in [3.8, 4) is 63.2 Å². The summed E-state index contributed by atoms with van der Waals surface area (Å²) in [5.74, 6) is -9.14. The van der Waals surface area contributed by atoms with Crippen LogP contribution in [0.15, 0.2) is 164 Å². The van der Waals surface area contributed by atoms with Crippen molar-refractivity contribution in [2.45, 2.75) is 97.8 Å². The minimum absolute atomic E-state index is 0.00952. The SMILES string of the molecule is CC(=O)Oc1ccc([C@@H]2C(=O)c3cc(OC(C)=O)cc(OC(C)=O)c3[C@H]2c2cc(OC(C)=O)cc(OC(C)=O)c2)cc1.Cc1ccc([C@@H]2C(=O)c3cc(C)cc(OP(=O)(O)O)c3[C@H]2c2cc(C)cc(OP(=O)(O)O)c2)cc1.Cc1ccc([C@@H]2C(=O)c3cc(O)cc(O)c3[C@H]2c2cc(O)cc(O)c2)cc1. The van der Waals surface area contributed by atoms with E-state index in [0.717, 1.165) is 16.7 Å². The molecule has 9 aromatic rings. The lowest BCUT2D eigenvalue weighted by atomic mass is 9.80. The Morgan fingerprint density at radius 3 is 1.13 bits per heavy atom. The van der Waals surface area contributed by atoms with Crippen molar-refractivity contribution in [2.75, 3.05) is 0 Å². The zero-order valence-electron chi connectivity index (χ0n) is 57.0. The fourth-order valence-electron chi connectivity index (χ4n) is 13.4. The third kappa shape index (κ3) is 17.3. The quantitative estimate of drug-likeness (QED) is 0.0268. The smallest absolute Gasteiger partial charge is 0.508 e. The fraction of sp³-hybridized carbons (Fsp3) is 0.195. The number of phenolic OH excluding ortho intramolecular Hbond substituents is 4. The van der Waals surface area contributed by atoms with Crippen molar-refractivity contribution in [1.82, 2.24) is 0 Å². The third-order valence-electron chi connectivity index (χ3n) is 17.0. The third-order valence-corrected chi connectivity index (χ3v) is 17.8. The Kier molecular flexibility index (Phi) is 21.8. The lowest BCUT2D eigenvalue weighted by Gasteiger charge is -2.23. The fourth-order valence-corrected chi connectivity index (χ4v) is 14.2. The van der Waals surface area contributed by atoms with Gasteiger partial charge in [0.25, 0.3) is 0 Å². The van der Waals surface area contributed by atoms with E-state index in [0.29, 0.717) is 55.6 Å². The van der Waals surface area contributed by atoms with E-state index in [-0.39, 0.29) is 91.5 Å². The molecule has 3 aliphatic rings. The average molecular weight is 1460 g/mol. The van der Waals surface area contributed by atoms with Crippen molar-refractivity contribution < 1.29 is 120 Å². The van der Waals surface area contributed by atoms with Gasteiger partial charge in [-0.2, -0.15) is 0 Å². The minimum Gasteiger partial charge on any atom is -0.508 e. The number of benzene rings is 9. The molecular formula is C77H68O25P2. The highest BCUT2D eigenvalue weighted by Crippen LogP contribution is 2.58. The van der Waals surface area contributed by atoms with Crippen LogP contribution in [0.5, 0.6) is 63.2 Å². The topological polar surface area (TPSA) is 397 Å². The molecule has 0 bridgehead atoms. The number of rotatable bonds is 15. The summed E-state index contributed by atoms with van der Waals surface area (Å²) >= 11 is 0. The Labute approximate surface area is 594 Å². The predicted molar refractivity (Wildman–Crippen MR) is 372 cm³/mol. The van der Waals surface area contributed by atoms with Gasteiger partial charge in [0.15, 0.2) is 17.3 Å². The number of hydrogen-bond donors (Lipinski definition) is 8. The highest BCUT2D eigenvalue weighted by atomic mass is 31.2. The van der Waals surface area contributed by atoms with E-state index in [1.165, 1.54) is 126 Å². The lowest BCUT2D eigenvalue weighted by Crippen LogP contribution is -2.15. The Morgan fingerprint density at radius 2 is 0.673 bits per heavy atom. The number of aryl methyl sites for hydroxylation is 4. The second kappa shape index (κ2) is 30.2. The number of phosphoric acid groups is 2. The molecule has 0 spiro atoms. The number of ether oxygens (including phenoxy) is 5. The van der Waals surface area contributed by atoms with Crippen LogP contribution in [0.2, 0.25) is 0 Å². The van der Waals surface area contributed by atoms with Crippen molar-refractivity contribution >= 4 is 62.8 Å². The van der Waals surface area contributed by atoms with E-state index in [4.69, 9.17) is 32.7 Å². The van der Waals surface area contributed by atoms with Crippen LogP contribution in [0.25, 0.3) is 0 Å². The largest absolute Gasteiger partial charge is 0.524 e. The molecule has 8 N–H and O–H groups in total. The van der Waals surface area contributed by atoms with E-state index in [1.54, 1.807) is 38.1 Å². The Bertz CT molecular complexity index is 5020. The summed E-state index contributed by atoms with van der Waals surface area (Å²) in [7, 11) is -9.82. The van der Waals surface area contributed by atoms with Gasteiger partial charge < -0.3 is 53.2 Å². The van der Waals surface area contributed by atoms with Crippen molar-refractivity contribution in [3.05, 3.63) is 253 Å². The Hall–Kier alpha value is -11.6. The normalized spacial score (nSPS) is 17.0. The number of phenols is 4. The van der Waals surface area contributed by atoms with Gasteiger partial charge in [-0.3, -0.25) is 57.9 Å². The second-order valence-electron chi connectivity index (χ2n) is 25.1. The molecule has 0 aromatic heterocycles. The van der Waals surface area contributed by atoms with Gasteiger partial charge in [-0.05, 0) is 145 Å². The highest BCUT2D eigenvalue weighted by molar-refractivity contribution is 7.47. The second-order valence-corrected chi connectivity index (χ2v) is 27.4. The first-order valence-corrected chi connectivity index (χ1v) is 34.9. The molecular weight excluding hydrogens is 1390 g/mol. The number of Topliss-reactive ketones (excluding diaryl/α,β-unsaturated/α-hetero) is 3. The van der Waals surface area contributed by atoms with Gasteiger partial charge >= 0.3 is 45.5 Å². The van der Waals surface area contributed by atoms with Crippen LogP contribution in [0.3, 0.4) is 0 Å². The van der Waals surface area contributed by atoms with Gasteiger partial charge in [-0.15, -0.1) is 0 Å². The molecule has 9 aromatic carbocycles. The summed E-state index contributed by atoms with van der Waals surface area (Å²) in [6.45, 7) is 13.3. The molecule has 104 heavy (non-hydrogen) atoms. The van der Waals surface area contributed by atoms with E-state index >= 15 is 0 Å². The Morgan fingerprint density at radius 1 is 0.308 bits per heavy atom. The van der Waals surface area contributed by atoms with Crippen molar-refractivity contribution in [3.63, 3.8) is 0 Å². The monoisotopic (exact) mass is 1450 g/mol. The van der Waals surface area contributed by atoms with Crippen LogP contribution in [-0.4, -0.2) is 87.2 Å². The number of fused-ring (bicyclic) bond motifs is 3. The first kappa shape index (κ1) is 75.1. The number of carbonyl (C=O) groups excluding carboxylic acids is 8. The summed E-state index contributed by atoms with van der Waals surface area (Å²) < 4.78 is 59.5. The van der Waals surface area contributed by atoms with Gasteiger partial charge in [-0.25, -0.2) is 9.13 Å². The number of aromatic hydroxyl groups is 4. The lowest BCUT2D eigenvalue weighted by molar-refractivity contribution is -0.133. The highest BCUT2D eigenvalue weighted by Gasteiger charge is 2.48. The van der Waals surface area contributed by atoms with Gasteiger partial charge in [0.05, 0.1) is 17.8 Å². The molecule has 0 saturated carbocycles. The maximum Gasteiger partial charge on any atom is 0.524 e. The molecule has 25 nitrogen and oxygen atoms in total. The number of ketones is 3. The summed E-state index contributed by atoms with van der Waals surface area (Å²) in [5, 5.41) is 40.2. The molecule has 0 amide bonds. The predicted octanol–water partition coefficient (Wildman–Crippen LogP) is 13.0. The number of hydrogen-bond acceptors (Lipinski definition) is 21. The summed E-state index contributed by atoms with van der Waals surface area (Å²) in [4.78, 5) is 138. The van der Waals surface area contributed by atoms with Gasteiger partial charge in [0.2, 0.25) is 0 Å². The van der Waals surface area contributed by atoms with E-state index in [2.05, 4.69) is 0 Å². The molecule has 0 radical (unpaired) electrons. The molecule has 12 rings (SSSR count).